The fourth-order valence-electron chi connectivity index (χ4n) is 1.53. The normalized spacial score (nSPS) is 10.9. The highest BCUT2D eigenvalue weighted by molar-refractivity contribution is 7.14. The van der Waals surface area contributed by atoms with Gasteiger partial charge in [-0.25, -0.2) is 4.98 Å². The van der Waals surface area contributed by atoms with E-state index < -0.39 is 0 Å². The molecule has 0 aliphatic rings. The van der Waals surface area contributed by atoms with Gasteiger partial charge in [-0.3, -0.25) is 0 Å². The second-order valence-electron chi connectivity index (χ2n) is 3.75. The zero-order valence-corrected chi connectivity index (χ0v) is 10.4. The van der Waals surface area contributed by atoms with Crippen molar-refractivity contribution in [2.75, 3.05) is 13.6 Å². The predicted molar refractivity (Wildman–Crippen MR) is 66.8 cm³/mol. The molecule has 0 saturated carbocycles. The average molecular weight is 236 g/mol. The maximum Gasteiger partial charge on any atom is 0.162 e. The quantitative estimate of drug-likeness (QED) is 0.811. The fourth-order valence-corrected chi connectivity index (χ4v) is 2.44. The van der Waals surface area contributed by atoms with Crippen molar-refractivity contribution in [3.05, 3.63) is 29.0 Å². The minimum Gasteiger partial charge on any atom is -0.459 e. The van der Waals surface area contributed by atoms with Gasteiger partial charge in [0.2, 0.25) is 0 Å². The van der Waals surface area contributed by atoms with Crippen molar-refractivity contribution in [1.82, 2.24) is 10.3 Å². The van der Waals surface area contributed by atoms with Crippen LogP contribution in [0.4, 0.5) is 0 Å². The molecule has 0 bridgehead atoms. The van der Waals surface area contributed by atoms with E-state index in [4.69, 9.17) is 4.42 Å². The molecule has 16 heavy (non-hydrogen) atoms. The van der Waals surface area contributed by atoms with Gasteiger partial charge in [0.05, 0.1) is 0 Å². The summed E-state index contributed by atoms with van der Waals surface area (Å²) in [4.78, 5) is 5.70. The minimum absolute atomic E-state index is 0.877. The van der Waals surface area contributed by atoms with Crippen molar-refractivity contribution in [2.45, 2.75) is 19.8 Å². The van der Waals surface area contributed by atoms with E-state index in [1.165, 1.54) is 4.88 Å². The molecule has 0 unspecified atom stereocenters. The van der Waals surface area contributed by atoms with Crippen molar-refractivity contribution in [1.29, 1.82) is 0 Å². The Kier molecular flexibility index (Phi) is 3.74. The SMILES string of the molecule is CNCCCc1cnc(-c2ccc(C)o2)s1. The maximum atomic E-state index is 5.54. The van der Waals surface area contributed by atoms with Crippen LogP contribution < -0.4 is 5.32 Å². The van der Waals surface area contributed by atoms with Crippen LogP contribution in [0.1, 0.15) is 17.1 Å². The van der Waals surface area contributed by atoms with Crippen LogP contribution >= 0.6 is 11.3 Å². The largest absolute Gasteiger partial charge is 0.459 e. The lowest BCUT2D eigenvalue weighted by molar-refractivity contribution is 0.548. The number of nitrogens with one attached hydrogen (secondary N) is 1. The monoisotopic (exact) mass is 236 g/mol. The molecule has 0 atom stereocenters. The van der Waals surface area contributed by atoms with Crippen molar-refractivity contribution in [3.8, 4) is 10.8 Å². The number of furan rings is 1. The Bertz CT molecular complexity index is 447. The van der Waals surface area contributed by atoms with Gasteiger partial charge in [-0.15, -0.1) is 11.3 Å². The first-order valence-corrected chi connectivity index (χ1v) is 6.27. The van der Waals surface area contributed by atoms with E-state index >= 15 is 0 Å². The van der Waals surface area contributed by atoms with Gasteiger partial charge in [-0.05, 0) is 45.5 Å². The first-order valence-electron chi connectivity index (χ1n) is 5.45. The molecular formula is C12H16N2OS. The van der Waals surface area contributed by atoms with Crippen LogP contribution in [0.5, 0.6) is 0 Å². The third-order valence-electron chi connectivity index (χ3n) is 2.35. The van der Waals surface area contributed by atoms with Crippen LogP contribution in [0, 0.1) is 6.92 Å². The summed E-state index contributed by atoms with van der Waals surface area (Å²) < 4.78 is 5.54. The van der Waals surface area contributed by atoms with Gasteiger partial charge in [-0.2, -0.15) is 0 Å². The van der Waals surface area contributed by atoms with Crippen molar-refractivity contribution in [3.63, 3.8) is 0 Å². The first kappa shape index (κ1) is 11.4. The number of thiazole rings is 1. The smallest absolute Gasteiger partial charge is 0.162 e. The molecule has 0 radical (unpaired) electrons. The molecule has 0 spiro atoms. The molecule has 4 heteroatoms. The molecule has 2 rings (SSSR count). The number of aromatic nitrogens is 1. The molecule has 2 aromatic heterocycles. The van der Waals surface area contributed by atoms with Crippen molar-refractivity contribution >= 4 is 11.3 Å². The minimum atomic E-state index is 0.877. The third kappa shape index (κ3) is 2.71. The lowest BCUT2D eigenvalue weighted by Crippen LogP contribution is -2.07. The Morgan fingerprint density at radius 2 is 2.31 bits per heavy atom. The number of hydrogen-bond acceptors (Lipinski definition) is 4. The summed E-state index contributed by atoms with van der Waals surface area (Å²) in [6, 6.07) is 3.95. The van der Waals surface area contributed by atoms with Gasteiger partial charge in [-0.1, -0.05) is 0 Å². The molecule has 0 aliphatic heterocycles. The van der Waals surface area contributed by atoms with E-state index in [2.05, 4.69) is 10.3 Å². The van der Waals surface area contributed by atoms with Gasteiger partial charge < -0.3 is 9.73 Å². The molecule has 86 valence electrons. The van der Waals surface area contributed by atoms with Crippen molar-refractivity contribution < 1.29 is 4.42 Å². The highest BCUT2D eigenvalue weighted by Gasteiger charge is 2.07. The van der Waals surface area contributed by atoms with E-state index in [1.54, 1.807) is 11.3 Å². The van der Waals surface area contributed by atoms with Gasteiger partial charge in [0, 0.05) is 11.1 Å². The second kappa shape index (κ2) is 5.27. The molecule has 3 nitrogen and oxygen atoms in total. The summed E-state index contributed by atoms with van der Waals surface area (Å²) in [6.45, 7) is 3.00. The molecule has 2 aromatic rings. The van der Waals surface area contributed by atoms with Crippen LogP contribution in [-0.4, -0.2) is 18.6 Å². The standard InChI is InChI=1S/C12H16N2OS/c1-9-5-6-11(15-9)12-14-8-10(16-12)4-3-7-13-2/h5-6,8,13H,3-4,7H2,1-2H3. The zero-order valence-electron chi connectivity index (χ0n) is 9.62. The molecule has 0 aliphatic carbocycles. The molecular weight excluding hydrogens is 220 g/mol. The molecule has 0 aromatic carbocycles. The Balaban J connectivity index is 2.02. The second-order valence-corrected chi connectivity index (χ2v) is 4.86. The third-order valence-corrected chi connectivity index (χ3v) is 3.43. The van der Waals surface area contributed by atoms with Gasteiger partial charge in [0.15, 0.2) is 10.8 Å². The van der Waals surface area contributed by atoms with E-state index in [0.717, 1.165) is 35.9 Å². The average Bonchev–Trinajstić information content (AvgIpc) is 2.87. The first-order chi connectivity index (χ1) is 7.79. The lowest BCUT2D eigenvalue weighted by Gasteiger charge is -1.95. The summed E-state index contributed by atoms with van der Waals surface area (Å²) in [5.41, 5.74) is 0. The summed E-state index contributed by atoms with van der Waals surface area (Å²) in [5, 5.41) is 4.12. The summed E-state index contributed by atoms with van der Waals surface area (Å²) in [6.07, 6.45) is 4.18. The Labute approximate surface area is 99.5 Å². The Morgan fingerprint density at radius 3 is 3.00 bits per heavy atom. The topological polar surface area (TPSA) is 38.1 Å². The van der Waals surface area contributed by atoms with Gasteiger partial charge in [0.1, 0.15) is 5.76 Å². The highest BCUT2D eigenvalue weighted by atomic mass is 32.1. The molecule has 0 fully saturated rings. The predicted octanol–water partition coefficient (Wildman–Crippen LogP) is 2.86. The van der Waals surface area contributed by atoms with Crippen LogP contribution in [0.3, 0.4) is 0 Å². The van der Waals surface area contributed by atoms with E-state index in [-0.39, 0.29) is 0 Å². The van der Waals surface area contributed by atoms with Crippen LogP contribution in [0.25, 0.3) is 10.8 Å². The molecule has 1 N–H and O–H groups in total. The van der Waals surface area contributed by atoms with E-state index in [0.29, 0.717) is 0 Å². The van der Waals surface area contributed by atoms with E-state index in [1.807, 2.05) is 32.3 Å². The Hall–Kier alpha value is -1.13. The zero-order chi connectivity index (χ0) is 11.4. The number of aryl methyl sites for hydroxylation is 2. The summed E-state index contributed by atoms with van der Waals surface area (Å²) >= 11 is 1.72. The van der Waals surface area contributed by atoms with Crippen LogP contribution in [-0.2, 0) is 6.42 Å². The number of rotatable bonds is 5. The van der Waals surface area contributed by atoms with Crippen LogP contribution in [0.15, 0.2) is 22.7 Å². The van der Waals surface area contributed by atoms with Gasteiger partial charge >= 0.3 is 0 Å². The molecule has 0 amide bonds. The Morgan fingerprint density at radius 1 is 1.44 bits per heavy atom. The molecule has 2 heterocycles. The number of hydrogen-bond donors (Lipinski definition) is 1. The van der Waals surface area contributed by atoms with E-state index in [9.17, 15) is 0 Å². The fraction of sp³-hybridized carbons (Fsp3) is 0.417. The van der Waals surface area contributed by atoms with Crippen molar-refractivity contribution in [2.24, 2.45) is 0 Å². The highest BCUT2D eigenvalue weighted by Crippen LogP contribution is 2.27. The lowest BCUT2D eigenvalue weighted by atomic mass is 10.3. The maximum absolute atomic E-state index is 5.54. The number of nitrogens with zero attached hydrogens (tertiary/aromatic N) is 1. The van der Waals surface area contributed by atoms with Gasteiger partial charge in [0.25, 0.3) is 0 Å². The summed E-state index contributed by atoms with van der Waals surface area (Å²) in [5.74, 6) is 1.81. The van der Waals surface area contributed by atoms with Crippen LogP contribution in [0.2, 0.25) is 0 Å². The molecule has 0 saturated heterocycles. The summed E-state index contributed by atoms with van der Waals surface area (Å²) in [7, 11) is 1.98.